The van der Waals surface area contributed by atoms with Crippen molar-refractivity contribution in [3.63, 3.8) is 0 Å². The first-order chi connectivity index (χ1) is 10.4. The molecule has 1 unspecified atom stereocenters. The molecule has 1 atom stereocenters. The predicted molar refractivity (Wildman–Crippen MR) is 94.7 cm³/mol. The minimum absolute atomic E-state index is 0.0820. The Labute approximate surface area is 138 Å². The Morgan fingerprint density at radius 2 is 2.18 bits per heavy atom. The Balaban J connectivity index is 3.36. The van der Waals surface area contributed by atoms with Crippen molar-refractivity contribution in [3.05, 3.63) is 40.6 Å². The number of allylic oxidation sites excluding steroid dienone is 1. The van der Waals surface area contributed by atoms with Crippen LogP contribution in [0.4, 0.5) is 5.69 Å². The third kappa shape index (κ3) is 5.13. The molecule has 2 N–H and O–H groups in total. The molecule has 5 heteroatoms. The summed E-state index contributed by atoms with van der Waals surface area (Å²) >= 11 is 6.09. The van der Waals surface area contributed by atoms with E-state index < -0.39 is 0 Å². The zero-order valence-electron chi connectivity index (χ0n) is 14.1. The van der Waals surface area contributed by atoms with E-state index in [0.29, 0.717) is 5.02 Å². The lowest BCUT2D eigenvalue weighted by atomic mass is 10.1. The van der Waals surface area contributed by atoms with Crippen LogP contribution in [0, 0.1) is 6.92 Å². The van der Waals surface area contributed by atoms with E-state index in [4.69, 9.17) is 27.2 Å². The number of hydrogen-bond donors (Lipinski definition) is 1. The predicted octanol–water partition coefficient (Wildman–Crippen LogP) is 4.25. The first-order valence-corrected chi connectivity index (χ1v) is 7.85. The first-order valence-electron chi connectivity index (χ1n) is 7.47. The molecule has 0 aliphatic rings. The van der Waals surface area contributed by atoms with E-state index in [9.17, 15) is 0 Å². The Bertz CT molecular complexity index is 553. The van der Waals surface area contributed by atoms with E-state index in [0.717, 1.165) is 35.6 Å². The number of aryl methyl sites for hydroxylation is 1. The molecule has 0 saturated heterocycles. The summed E-state index contributed by atoms with van der Waals surface area (Å²) in [5, 5.41) is 2.28. The third-order valence-corrected chi connectivity index (χ3v) is 3.74. The highest BCUT2D eigenvalue weighted by Crippen LogP contribution is 2.25. The van der Waals surface area contributed by atoms with E-state index in [1.54, 1.807) is 12.1 Å². The van der Waals surface area contributed by atoms with Gasteiger partial charge in [0.05, 0.1) is 18.8 Å². The van der Waals surface area contributed by atoms with Crippen molar-refractivity contribution in [1.82, 2.24) is 5.01 Å². The van der Waals surface area contributed by atoms with Crippen LogP contribution in [0.2, 0.25) is 5.02 Å². The summed E-state index contributed by atoms with van der Waals surface area (Å²) in [7, 11) is 3.48. The molecular formula is C17H26ClN3O. The molecule has 0 spiro atoms. The quantitative estimate of drug-likeness (QED) is 0.353. The number of rotatable bonds is 7. The van der Waals surface area contributed by atoms with Gasteiger partial charge in [0.2, 0.25) is 0 Å². The molecule has 4 nitrogen and oxygen atoms in total. The van der Waals surface area contributed by atoms with Crippen molar-refractivity contribution in [2.75, 3.05) is 14.2 Å². The topological polar surface area (TPSA) is 50.8 Å². The van der Waals surface area contributed by atoms with Crippen LogP contribution < -0.4 is 5.84 Å². The second-order valence-electron chi connectivity index (χ2n) is 5.33. The van der Waals surface area contributed by atoms with Gasteiger partial charge in [0.15, 0.2) is 0 Å². The monoisotopic (exact) mass is 323 g/mol. The number of methoxy groups -OCH3 is 1. The number of hydrogen-bond acceptors (Lipinski definition) is 4. The number of halogens is 1. The fourth-order valence-corrected chi connectivity index (χ4v) is 2.11. The maximum absolute atomic E-state index is 6.09. The lowest BCUT2D eigenvalue weighted by Gasteiger charge is -2.23. The standard InChI is InChI=1S/C17H26ClN3O/c1-6-7-8-16(22-5)17(13(3)21(4)19)20-15-11-14(18)10-9-12(15)2/h8-11,13H,6-7,19H2,1-5H3/b16-8-,20-17?. The Kier molecular flexibility index (Phi) is 7.59. The van der Waals surface area contributed by atoms with Crippen LogP contribution in [-0.4, -0.2) is 30.9 Å². The molecule has 1 rings (SSSR count). The molecule has 22 heavy (non-hydrogen) atoms. The summed E-state index contributed by atoms with van der Waals surface area (Å²) in [5.74, 6) is 6.68. The molecule has 0 radical (unpaired) electrons. The summed E-state index contributed by atoms with van der Waals surface area (Å²) in [4.78, 5) is 4.78. The molecular weight excluding hydrogens is 298 g/mol. The van der Waals surface area contributed by atoms with Crippen LogP contribution in [0.15, 0.2) is 35.0 Å². The second kappa shape index (κ2) is 8.93. The number of hydrazine groups is 1. The molecule has 0 saturated carbocycles. The van der Waals surface area contributed by atoms with Crippen molar-refractivity contribution in [3.8, 4) is 0 Å². The summed E-state index contributed by atoms with van der Waals surface area (Å²) in [6.45, 7) is 6.13. The zero-order valence-corrected chi connectivity index (χ0v) is 14.8. The van der Waals surface area contributed by atoms with Gasteiger partial charge in [0.25, 0.3) is 0 Å². The van der Waals surface area contributed by atoms with Crippen molar-refractivity contribution in [1.29, 1.82) is 0 Å². The van der Waals surface area contributed by atoms with Crippen LogP contribution in [-0.2, 0) is 4.74 Å². The fourth-order valence-electron chi connectivity index (χ4n) is 1.95. The van der Waals surface area contributed by atoms with Gasteiger partial charge in [-0.3, -0.25) is 5.84 Å². The Morgan fingerprint density at radius 1 is 1.50 bits per heavy atom. The average molecular weight is 324 g/mol. The second-order valence-corrected chi connectivity index (χ2v) is 5.77. The molecule has 0 aliphatic carbocycles. The van der Waals surface area contributed by atoms with Gasteiger partial charge < -0.3 is 4.74 Å². The molecule has 0 bridgehead atoms. The molecule has 0 aromatic heterocycles. The fraction of sp³-hybridized carbons (Fsp3) is 0.471. The molecule has 122 valence electrons. The molecule has 1 aromatic rings. The third-order valence-electron chi connectivity index (χ3n) is 3.51. The van der Waals surface area contributed by atoms with E-state index >= 15 is 0 Å². The highest BCUT2D eigenvalue weighted by Gasteiger charge is 2.19. The van der Waals surface area contributed by atoms with Gasteiger partial charge in [-0.25, -0.2) is 10.0 Å². The van der Waals surface area contributed by atoms with E-state index in [2.05, 4.69) is 13.0 Å². The first kappa shape index (κ1) is 18.7. The number of nitrogens with zero attached hydrogens (tertiary/aromatic N) is 2. The van der Waals surface area contributed by atoms with Crippen LogP contribution in [0.1, 0.15) is 32.3 Å². The number of aliphatic imine (C=N–C) groups is 1. The summed E-state index contributed by atoms with van der Waals surface area (Å²) < 4.78 is 5.54. The van der Waals surface area contributed by atoms with Gasteiger partial charge in [0, 0.05) is 12.1 Å². The number of benzene rings is 1. The Morgan fingerprint density at radius 3 is 2.73 bits per heavy atom. The summed E-state index contributed by atoms with van der Waals surface area (Å²) in [6, 6.07) is 5.59. The van der Waals surface area contributed by atoms with Crippen molar-refractivity contribution >= 4 is 23.0 Å². The molecule has 1 aromatic carbocycles. The minimum Gasteiger partial charge on any atom is -0.495 e. The maximum Gasteiger partial charge on any atom is 0.138 e. The number of unbranched alkanes of at least 4 members (excludes halogenated alkanes) is 1. The van der Waals surface area contributed by atoms with Crippen LogP contribution >= 0.6 is 11.6 Å². The van der Waals surface area contributed by atoms with Gasteiger partial charge in [0.1, 0.15) is 11.5 Å². The van der Waals surface area contributed by atoms with Gasteiger partial charge in [-0.2, -0.15) is 0 Å². The van der Waals surface area contributed by atoms with Crippen LogP contribution in [0.25, 0.3) is 0 Å². The van der Waals surface area contributed by atoms with Gasteiger partial charge in [-0.15, -0.1) is 0 Å². The van der Waals surface area contributed by atoms with E-state index in [-0.39, 0.29) is 6.04 Å². The zero-order chi connectivity index (χ0) is 16.7. The normalized spacial score (nSPS) is 14.4. The molecule has 0 fully saturated rings. The molecule has 0 amide bonds. The average Bonchev–Trinajstić information content (AvgIpc) is 2.49. The minimum atomic E-state index is -0.0820. The van der Waals surface area contributed by atoms with E-state index in [1.165, 1.54) is 0 Å². The lowest BCUT2D eigenvalue weighted by Crippen LogP contribution is -2.41. The lowest BCUT2D eigenvalue weighted by molar-refractivity contribution is 0.289. The highest BCUT2D eigenvalue weighted by atomic mass is 35.5. The van der Waals surface area contributed by atoms with Crippen molar-refractivity contribution < 1.29 is 4.74 Å². The van der Waals surface area contributed by atoms with Gasteiger partial charge >= 0.3 is 0 Å². The molecule has 0 aliphatic heterocycles. The van der Waals surface area contributed by atoms with Crippen LogP contribution in [0.5, 0.6) is 0 Å². The van der Waals surface area contributed by atoms with Crippen molar-refractivity contribution in [2.24, 2.45) is 10.8 Å². The van der Waals surface area contributed by atoms with Crippen LogP contribution in [0.3, 0.4) is 0 Å². The molecule has 0 heterocycles. The van der Waals surface area contributed by atoms with Gasteiger partial charge in [-0.05, 0) is 44.0 Å². The smallest absolute Gasteiger partial charge is 0.138 e. The maximum atomic E-state index is 6.09. The largest absolute Gasteiger partial charge is 0.495 e. The SMILES string of the molecule is CCC/C=C(\OC)C(=Nc1cc(Cl)ccc1C)C(C)N(C)N. The highest BCUT2D eigenvalue weighted by molar-refractivity contribution is 6.30. The number of nitrogens with two attached hydrogens (primary N) is 1. The summed E-state index contributed by atoms with van der Waals surface area (Å²) in [6.07, 6.45) is 4.03. The van der Waals surface area contributed by atoms with E-state index in [1.807, 2.05) is 39.1 Å². The van der Waals surface area contributed by atoms with Gasteiger partial charge in [-0.1, -0.05) is 31.0 Å². The summed E-state index contributed by atoms with van der Waals surface area (Å²) in [5.41, 5.74) is 2.68. The Hall–Kier alpha value is -1.36. The number of ether oxygens (including phenoxy) is 1. The van der Waals surface area contributed by atoms with Crippen molar-refractivity contribution in [2.45, 2.75) is 39.7 Å².